The lowest BCUT2D eigenvalue weighted by atomic mass is 10.2. The molecule has 0 aliphatic heterocycles. The van der Waals surface area contributed by atoms with Gasteiger partial charge in [0.15, 0.2) is 0 Å². The Morgan fingerprint density at radius 2 is 2.21 bits per heavy atom. The van der Waals surface area contributed by atoms with Crippen molar-refractivity contribution >= 4 is 0 Å². The van der Waals surface area contributed by atoms with Gasteiger partial charge in [0.2, 0.25) is 0 Å². The van der Waals surface area contributed by atoms with Crippen LogP contribution in [-0.4, -0.2) is 30.6 Å². The summed E-state index contributed by atoms with van der Waals surface area (Å²) < 4.78 is 5.70. The van der Waals surface area contributed by atoms with Crippen molar-refractivity contribution in [2.45, 2.75) is 38.6 Å². The molecule has 0 radical (unpaired) electrons. The number of hydrogen-bond acceptors (Lipinski definition) is 3. The first-order chi connectivity index (χ1) is 9.33. The lowest BCUT2D eigenvalue weighted by Crippen LogP contribution is -2.28. The maximum atomic E-state index is 8.82. The second kappa shape index (κ2) is 7.16. The van der Waals surface area contributed by atoms with E-state index < -0.39 is 0 Å². The average molecular weight is 258 g/mol. The summed E-state index contributed by atoms with van der Waals surface area (Å²) >= 11 is 0. The summed E-state index contributed by atoms with van der Waals surface area (Å²) in [5, 5.41) is 8.82. The monoisotopic (exact) mass is 258 g/mol. The molecule has 3 nitrogen and oxygen atoms in total. The van der Waals surface area contributed by atoms with Gasteiger partial charge in [0.05, 0.1) is 18.2 Å². The van der Waals surface area contributed by atoms with Crippen LogP contribution < -0.4 is 4.74 Å². The Morgan fingerprint density at radius 1 is 1.37 bits per heavy atom. The highest BCUT2D eigenvalue weighted by molar-refractivity contribution is 5.36. The normalized spacial score (nSPS) is 14.4. The van der Waals surface area contributed by atoms with E-state index in [1.807, 2.05) is 12.1 Å². The second-order valence-electron chi connectivity index (χ2n) is 5.11. The van der Waals surface area contributed by atoms with Crippen molar-refractivity contribution in [1.82, 2.24) is 4.90 Å². The van der Waals surface area contributed by atoms with Crippen LogP contribution in [0.5, 0.6) is 5.75 Å². The Labute approximate surface area is 115 Å². The predicted octanol–water partition coefficient (Wildman–Crippen LogP) is 3.20. The molecule has 1 aromatic carbocycles. The third-order valence-corrected chi connectivity index (χ3v) is 3.40. The van der Waals surface area contributed by atoms with Gasteiger partial charge in [0.1, 0.15) is 5.75 Å². The van der Waals surface area contributed by atoms with Crippen LogP contribution in [0.1, 0.15) is 38.2 Å². The zero-order valence-electron chi connectivity index (χ0n) is 11.6. The van der Waals surface area contributed by atoms with Gasteiger partial charge < -0.3 is 9.64 Å². The molecule has 0 bridgehead atoms. The molecule has 1 aliphatic rings. The van der Waals surface area contributed by atoms with Crippen LogP contribution in [0.15, 0.2) is 24.3 Å². The van der Waals surface area contributed by atoms with Crippen molar-refractivity contribution in [2.24, 2.45) is 0 Å². The van der Waals surface area contributed by atoms with Crippen molar-refractivity contribution in [3.05, 3.63) is 29.8 Å². The van der Waals surface area contributed by atoms with Crippen molar-refractivity contribution < 1.29 is 4.74 Å². The Bertz CT molecular complexity index is 435. The lowest BCUT2D eigenvalue weighted by molar-refractivity contribution is 0.227. The van der Waals surface area contributed by atoms with E-state index in [9.17, 15) is 0 Å². The summed E-state index contributed by atoms with van der Waals surface area (Å²) in [6, 6.07) is 10.3. The zero-order valence-corrected chi connectivity index (χ0v) is 11.6. The molecule has 0 atom stereocenters. The van der Waals surface area contributed by atoms with Crippen LogP contribution in [0.4, 0.5) is 0 Å². The van der Waals surface area contributed by atoms with Gasteiger partial charge in [0.25, 0.3) is 0 Å². The molecule has 1 saturated carbocycles. The first-order valence-corrected chi connectivity index (χ1v) is 7.20. The maximum Gasteiger partial charge on any atom is 0.120 e. The number of benzene rings is 1. The van der Waals surface area contributed by atoms with E-state index in [1.54, 1.807) is 12.1 Å². The highest BCUT2D eigenvalue weighted by Crippen LogP contribution is 2.26. The SMILES string of the molecule is CCCN(CCCOc1cccc(C#N)c1)C1CC1. The van der Waals surface area contributed by atoms with E-state index in [-0.39, 0.29) is 0 Å². The molecule has 1 aromatic rings. The number of nitrogens with zero attached hydrogens (tertiary/aromatic N) is 2. The van der Waals surface area contributed by atoms with Crippen molar-refractivity contribution in [2.75, 3.05) is 19.7 Å². The Kier molecular flexibility index (Phi) is 5.23. The fourth-order valence-corrected chi connectivity index (χ4v) is 2.32. The highest BCUT2D eigenvalue weighted by atomic mass is 16.5. The molecular formula is C16H22N2O. The molecule has 0 aromatic heterocycles. The van der Waals surface area contributed by atoms with Crippen molar-refractivity contribution in [1.29, 1.82) is 5.26 Å². The number of nitriles is 1. The minimum absolute atomic E-state index is 0.656. The highest BCUT2D eigenvalue weighted by Gasteiger charge is 2.27. The van der Waals surface area contributed by atoms with Gasteiger partial charge in [-0.1, -0.05) is 13.0 Å². The smallest absolute Gasteiger partial charge is 0.120 e. The van der Waals surface area contributed by atoms with Crippen molar-refractivity contribution in [3.8, 4) is 11.8 Å². The summed E-state index contributed by atoms with van der Waals surface area (Å²) in [5.41, 5.74) is 0.656. The van der Waals surface area contributed by atoms with E-state index in [1.165, 1.54) is 25.8 Å². The fraction of sp³-hybridized carbons (Fsp3) is 0.562. The largest absolute Gasteiger partial charge is 0.494 e. The molecular weight excluding hydrogens is 236 g/mol. The third kappa shape index (κ3) is 4.57. The molecule has 0 spiro atoms. The van der Waals surface area contributed by atoms with E-state index in [0.29, 0.717) is 5.56 Å². The molecule has 1 aliphatic carbocycles. The minimum atomic E-state index is 0.656. The summed E-state index contributed by atoms with van der Waals surface area (Å²) in [7, 11) is 0. The first-order valence-electron chi connectivity index (χ1n) is 7.20. The Balaban J connectivity index is 1.69. The molecule has 3 heteroatoms. The van der Waals surface area contributed by atoms with E-state index >= 15 is 0 Å². The minimum Gasteiger partial charge on any atom is -0.494 e. The molecule has 1 fully saturated rings. The molecule has 19 heavy (non-hydrogen) atoms. The number of hydrogen-bond donors (Lipinski definition) is 0. The molecule has 0 amide bonds. The predicted molar refractivity (Wildman–Crippen MR) is 76.2 cm³/mol. The van der Waals surface area contributed by atoms with Crippen LogP contribution in [0, 0.1) is 11.3 Å². The van der Waals surface area contributed by atoms with E-state index in [4.69, 9.17) is 10.00 Å². The topological polar surface area (TPSA) is 36.3 Å². The second-order valence-corrected chi connectivity index (χ2v) is 5.11. The number of ether oxygens (including phenoxy) is 1. The fourth-order valence-electron chi connectivity index (χ4n) is 2.32. The third-order valence-electron chi connectivity index (χ3n) is 3.40. The van der Waals surface area contributed by atoms with Gasteiger partial charge in [-0.2, -0.15) is 5.26 Å². The van der Waals surface area contributed by atoms with Crippen LogP contribution in [0.2, 0.25) is 0 Å². The van der Waals surface area contributed by atoms with Gasteiger partial charge in [-0.3, -0.25) is 0 Å². The molecule has 0 N–H and O–H groups in total. The molecule has 0 saturated heterocycles. The van der Waals surface area contributed by atoms with Crippen LogP contribution in [0.25, 0.3) is 0 Å². The number of rotatable bonds is 8. The molecule has 102 valence electrons. The summed E-state index contributed by atoms with van der Waals surface area (Å²) in [4.78, 5) is 2.58. The standard InChI is InChI=1S/C16H22N2O/c1-2-9-18(15-7-8-15)10-4-11-19-16-6-3-5-14(12-16)13-17/h3,5-6,12,15H,2,4,7-11H2,1H3. The Morgan fingerprint density at radius 3 is 2.89 bits per heavy atom. The first kappa shape index (κ1) is 13.9. The van der Waals surface area contributed by atoms with Gasteiger partial charge in [-0.05, 0) is 50.4 Å². The van der Waals surface area contributed by atoms with Crippen LogP contribution in [-0.2, 0) is 0 Å². The molecule has 2 rings (SSSR count). The zero-order chi connectivity index (χ0) is 13.5. The van der Waals surface area contributed by atoms with Crippen LogP contribution >= 0.6 is 0 Å². The van der Waals surface area contributed by atoms with Gasteiger partial charge in [-0.25, -0.2) is 0 Å². The van der Waals surface area contributed by atoms with E-state index in [2.05, 4.69) is 17.9 Å². The summed E-state index contributed by atoms with van der Waals surface area (Å²) in [6.07, 6.45) is 5.00. The Hall–Kier alpha value is -1.53. The molecule has 0 heterocycles. The van der Waals surface area contributed by atoms with Gasteiger partial charge in [-0.15, -0.1) is 0 Å². The molecule has 0 unspecified atom stereocenters. The summed E-state index contributed by atoms with van der Waals surface area (Å²) in [5.74, 6) is 0.799. The summed E-state index contributed by atoms with van der Waals surface area (Å²) in [6.45, 7) is 5.28. The average Bonchev–Trinajstić information content (AvgIpc) is 3.27. The van der Waals surface area contributed by atoms with Gasteiger partial charge in [0, 0.05) is 12.6 Å². The van der Waals surface area contributed by atoms with Gasteiger partial charge >= 0.3 is 0 Å². The quantitative estimate of drug-likeness (QED) is 0.672. The lowest BCUT2D eigenvalue weighted by Gasteiger charge is -2.21. The van der Waals surface area contributed by atoms with Crippen molar-refractivity contribution in [3.63, 3.8) is 0 Å². The maximum absolute atomic E-state index is 8.82. The van der Waals surface area contributed by atoms with Crippen LogP contribution in [0.3, 0.4) is 0 Å². The van der Waals surface area contributed by atoms with E-state index in [0.717, 1.165) is 31.4 Å².